The van der Waals surface area contributed by atoms with E-state index in [2.05, 4.69) is 26.0 Å². The summed E-state index contributed by atoms with van der Waals surface area (Å²) in [7, 11) is -4.70. The Bertz CT molecular complexity index is 1520. The highest BCUT2D eigenvalue weighted by molar-refractivity contribution is 9.10. The number of fused-ring (bicyclic) bond motifs is 1. The third kappa shape index (κ3) is 6.10. The number of benzene rings is 1. The molecule has 1 aliphatic rings. The van der Waals surface area contributed by atoms with Crippen molar-refractivity contribution in [2.24, 2.45) is 0 Å². The van der Waals surface area contributed by atoms with Gasteiger partial charge in [0.25, 0.3) is 0 Å². The molecule has 3 heterocycles. The first-order valence-corrected chi connectivity index (χ1v) is 13.7. The third-order valence-electron chi connectivity index (χ3n) is 5.34. The fourth-order valence-electron chi connectivity index (χ4n) is 3.82. The van der Waals surface area contributed by atoms with Crippen molar-refractivity contribution in [3.63, 3.8) is 0 Å². The normalized spacial score (nSPS) is 16.3. The molecule has 4 rings (SSSR count). The second-order valence-corrected chi connectivity index (χ2v) is 11.8. The van der Waals surface area contributed by atoms with Crippen molar-refractivity contribution in [2.75, 3.05) is 11.3 Å². The molecule has 0 spiro atoms. The van der Waals surface area contributed by atoms with Crippen molar-refractivity contribution >= 4 is 54.7 Å². The van der Waals surface area contributed by atoms with E-state index in [1.54, 1.807) is 9.44 Å². The molecule has 1 saturated heterocycles. The van der Waals surface area contributed by atoms with E-state index < -0.39 is 56.8 Å². The first-order valence-electron chi connectivity index (χ1n) is 11.5. The summed E-state index contributed by atoms with van der Waals surface area (Å²) in [6.07, 6.45) is 1.98. The van der Waals surface area contributed by atoms with Gasteiger partial charge in [-0.25, -0.2) is 28.0 Å². The number of nitrogens with zero attached hydrogens (tertiary/aromatic N) is 3. The second-order valence-electron chi connectivity index (χ2n) is 9.46. The maximum Gasteiger partial charge on any atom is 0.422 e. The van der Waals surface area contributed by atoms with E-state index in [0.29, 0.717) is 17.5 Å². The van der Waals surface area contributed by atoms with Crippen molar-refractivity contribution in [2.45, 2.75) is 51.9 Å². The number of hydrogen-bond acceptors (Lipinski definition) is 8. The highest BCUT2D eigenvalue weighted by Gasteiger charge is 2.30. The Kier molecular flexibility index (Phi) is 7.72. The minimum atomic E-state index is -4.70. The van der Waals surface area contributed by atoms with Crippen LogP contribution in [0.4, 0.5) is 19.3 Å². The van der Waals surface area contributed by atoms with Crippen LogP contribution in [0.3, 0.4) is 0 Å². The van der Waals surface area contributed by atoms with Crippen molar-refractivity contribution in [1.82, 2.24) is 19.5 Å². The number of ether oxygens (including phenoxy) is 2. The number of hydrogen-bond donors (Lipinski definition) is 2. The molecule has 204 valence electrons. The maximum absolute atomic E-state index is 15.4. The van der Waals surface area contributed by atoms with Gasteiger partial charge in [0.05, 0.1) is 16.6 Å². The summed E-state index contributed by atoms with van der Waals surface area (Å²) >= 11 is 3.28. The highest BCUT2D eigenvalue weighted by Crippen LogP contribution is 2.31. The Labute approximate surface area is 225 Å². The van der Waals surface area contributed by atoms with Gasteiger partial charge in [0.2, 0.25) is 5.78 Å². The van der Waals surface area contributed by atoms with Gasteiger partial charge in [0, 0.05) is 17.3 Å². The smallest absolute Gasteiger partial charge is 0.422 e. The monoisotopic (exact) mass is 615 g/mol. The number of pyridine rings is 1. The Morgan fingerprint density at radius 2 is 1.97 bits per heavy atom. The zero-order chi connectivity index (χ0) is 27.8. The predicted molar refractivity (Wildman–Crippen MR) is 136 cm³/mol. The van der Waals surface area contributed by atoms with E-state index in [0.717, 1.165) is 25.0 Å². The minimum absolute atomic E-state index is 0.218. The van der Waals surface area contributed by atoms with Gasteiger partial charge in [-0.1, -0.05) is 0 Å². The Morgan fingerprint density at radius 3 is 2.63 bits per heavy atom. The molecule has 3 aromatic rings. The second kappa shape index (κ2) is 10.5. The van der Waals surface area contributed by atoms with Crippen LogP contribution < -0.4 is 9.44 Å². The molecule has 11 nitrogen and oxygen atoms in total. The molecule has 1 amide bonds. The number of carbonyl (C=O) groups excluding carboxylic acids is 2. The molecule has 2 aromatic heterocycles. The number of nitrogens with one attached hydrogen (secondary N) is 2. The number of rotatable bonds is 6. The van der Waals surface area contributed by atoms with Crippen molar-refractivity contribution in [1.29, 1.82) is 0 Å². The molecule has 2 N–H and O–H groups in total. The van der Waals surface area contributed by atoms with Crippen LogP contribution >= 0.6 is 15.9 Å². The number of carbonyl (C=O) groups is 2. The number of halogens is 3. The summed E-state index contributed by atoms with van der Waals surface area (Å²) in [6, 6.07) is 3.04. The summed E-state index contributed by atoms with van der Waals surface area (Å²) in [4.78, 5) is 29.6. The molecule has 1 unspecified atom stereocenters. The number of amides is 1. The first kappa shape index (κ1) is 27.9. The molecule has 38 heavy (non-hydrogen) atoms. The summed E-state index contributed by atoms with van der Waals surface area (Å²) in [6.45, 7) is 5.03. The molecule has 0 bridgehead atoms. The average molecular weight is 616 g/mol. The predicted octanol–water partition coefficient (Wildman–Crippen LogP) is 4.58. The van der Waals surface area contributed by atoms with E-state index in [1.807, 2.05) is 0 Å². The van der Waals surface area contributed by atoms with Crippen molar-refractivity contribution < 1.29 is 36.3 Å². The van der Waals surface area contributed by atoms with E-state index in [4.69, 9.17) is 9.47 Å². The fourth-order valence-corrected chi connectivity index (χ4v) is 4.91. The van der Waals surface area contributed by atoms with Gasteiger partial charge < -0.3 is 9.47 Å². The van der Waals surface area contributed by atoms with Crippen LogP contribution in [0, 0.1) is 11.6 Å². The van der Waals surface area contributed by atoms with Gasteiger partial charge in [-0.3, -0.25) is 9.52 Å². The molecular formula is C23H24BrF2N5O6S. The minimum Gasteiger partial charge on any atom is -0.443 e. The highest BCUT2D eigenvalue weighted by atomic mass is 79.9. The molecule has 15 heteroatoms. The van der Waals surface area contributed by atoms with Gasteiger partial charge in [0.1, 0.15) is 17.1 Å². The van der Waals surface area contributed by atoms with Crippen molar-refractivity contribution in [3.8, 4) is 0 Å². The lowest BCUT2D eigenvalue weighted by molar-refractivity contribution is -0.0371. The fraction of sp³-hybridized carbons (Fsp3) is 0.391. The van der Waals surface area contributed by atoms with E-state index >= 15 is 4.39 Å². The molecule has 1 aromatic carbocycles. The third-order valence-corrected chi connectivity index (χ3v) is 6.69. The number of ketones is 1. The van der Waals surface area contributed by atoms with Gasteiger partial charge in [-0.05, 0) is 74.2 Å². The van der Waals surface area contributed by atoms with E-state index in [-0.39, 0.29) is 16.7 Å². The Morgan fingerprint density at radius 1 is 1.24 bits per heavy atom. The largest absolute Gasteiger partial charge is 0.443 e. The van der Waals surface area contributed by atoms with Gasteiger partial charge in [-0.2, -0.15) is 13.5 Å². The molecule has 0 radical (unpaired) electrons. The average Bonchev–Trinajstić information content (AvgIpc) is 3.18. The molecule has 0 saturated carbocycles. The summed E-state index contributed by atoms with van der Waals surface area (Å²) in [5.74, 6) is -3.88. The van der Waals surface area contributed by atoms with E-state index in [9.17, 15) is 22.4 Å². The summed E-state index contributed by atoms with van der Waals surface area (Å²) < 4.78 is 70.9. The van der Waals surface area contributed by atoms with Crippen LogP contribution in [0.1, 0.15) is 62.3 Å². The summed E-state index contributed by atoms with van der Waals surface area (Å²) in [5, 5.41) is 4.52. The lowest BCUT2D eigenvalue weighted by Crippen LogP contribution is -2.39. The quantitative estimate of drug-likeness (QED) is 0.384. The standard InChI is InChI=1S/C23H24BrF2N5O6S/c1-23(2,3)37-22(33)30-38(34,35)29-15-8-7-14(25)17(18(15)26)20(32)19-13-10-12(24)11-27-21(13)31(28-19)16-6-4-5-9-36-16/h7-8,10-11,16,29H,4-6,9H2,1-3H3,(H,30,33). The lowest BCUT2D eigenvalue weighted by Gasteiger charge is -2.22. The van der Waals surface area contributed by atoms with Gasteiger partial charge in [-0.15, -0.1) is 0 Å². The maximum atomic E-state index is 15.4. The lowest BCUT2D eigenvalue weighted by atomic mass is 10.0. The topological polar surface area (TPSA) is 142 Å². The SMILES string of the molecule is CC(C)(C)OC(=O)NS(=O)(=O)Nc1ccc(F)c(C(=O)c2nn(C3CCCCO3)c3ncc(Br)cc23)c1F. The van der Waals surface area contributed by atoms with E-state index in [1.165, 1.54) is 37.7 Å². The summed E-state index contributed by atoms with van der Waals surface area (Å²) in [5.41, 5.74) is -2.84. The van der Waals surface area contributed by atoms with Gasteiger partial charge in [0.15, 0.2) is 17.7 Å². The zero-order valence-electron chi connectivity index (χ0n) is 20.5. The molecule has 1 atom stereocenters. The van der Waals surface area contributed by atoms with Crippen LogP contribution in [0.2, 0.25) is 0 Å². The molecular weight excluding hydrogens is 592 g/mol. The Hall–Kier alpha value is -3.17. The zero-order valence-corrected chi connectivity index (χ0v) is 23.0. The molecule has 1 aliphatic heterocycles. The van der Waals surface area contributed by atoms with Crippen LogP contribution in [0.15, 0.2) is 28.9 Å². The molecule has 1 fully saturated rings. The van der Waals surface area contributed by atoms with Crippen LogP contribution in [-0.2, 0) is 19.7 Å². The first-order chi connectivity index (χ1) is 17.8. The molecule has 0 aliphatic carbocycles. The van der Waals surface area contributed by atoms with Crippen LogP contribution in [-0.4, -0.2) is 47.3 Å². The Balaban J connectivity index is 1.71. The number of aromatic nitrogens is 3. The number of anilines is 1. The van der Waals surface area contributed by atoms with Gasteiger partial charge >= 0.3 is 16.3 Å². The van der Waals surface area contributed by atoms with Crippen LogP contribution in [0.25, 0.3) is 11.0 Å². The van der Waals surface area contributed by atoms with Crippen LogP contribution in [0.5, 0.6) is 0 Å². The van der Waals surface area contributed by atoms with Crippen molar-refractivity contribution in [3.05, 3.63) is 51.8 Å².